The first-order valence-corrected chi connectivity index (χ1v) is 4.44. The van der Waals surface area contributed by atoms with Gasteiger partial charge in [-0.1, -0.05) is 0 Å². The molecule has 1 aliphatic carbocycles. The van der Waals surface area contributed by atoms with E-state index in [9.17, 15) is 10.1 Å². The number of rotatable bonds is 4. The minimum atomic E-state index is -0.452. The normalized spacial score (nSPS) is 18.1. The van der Waals surface area contributed by atoms with Gasteiger partial charge in [-0.15, -0.1) is 0 Å². The van der Waals surface area contributed by atoms with Crippen molar-refractivity contribution in [3.8, 4) is 0 Å². The van der Waals surface area contributed by atoms with E-state index < -0.39 is 4.92 Å². The van der Waals surface area contributed by atoms with Crippen LogP contribution in [-0.4, -0.2) is 26.8 Å². The molecule has 6 nitrogen and oxygen atoms in total. The maximum Gasteiger partial charge on any atom is 0.309 e. The fourth-order valence-electron chi connectivity index (χ4n) is 1.54. The molecule has 1 aromatic rings. The molecule has 14 heavy (non-hydrogen) atoms. The van der Waals surface area contributed by atoms with Gasteiger partial charge in [-0.05, 0) is 18.3 Å². The Morgan fingerprint density at radius 3 is 2.93 bits per heavy atom. The molecule has 0 unspecified atom stereocenters. The van der Waals surface area contributed by atoms with Crippen molar-refractivity contribution >= 4 is 5.69 Å². The zero-order valence-electron chi connectivity index (χ0n) is 7.56. The van der Waals surface area contributed by atoms with Gasteiger partial charge in [0.25, 0.3) is 0 Å². The minimum Gasteiger partial charge on any atom is -0.396 e. The molecule has 1 aromatic heterocycles. The van der Waals surface area contributed by atoms with E-state index in [1.54, 1.807) is 0 Å². The molecule has 0 atom stereocenters. The molecule has 2 N–H and O–H groups in total. The number of aromatic nitrogens is 2. The van der Waals surface area contributed by atoms with Crippen LogP contribution in [0.5, 0.6) is 0 Å². The van der Waals surface area contributed by atoms with Gasteiger partial charge in [0.1, 0.15) is 11.9 Å². The maximum atomic E-state index is 10.6. The topological polar surface area (TPSA) is 92.0 Å². The Bertz CT molecular complexity index is 356. The lowest BCUT2D eigenvalue weighted by atomic mass is 10.0. The summed E-state index contributed by atoms with van der Waals surface area (Å²) >= 11 is 0. The molecule has 1 aliphatic rings. The first kappa shape index (κ1) is 9.14. The number of nitro groups is 1. The van der Waals surface area contributed by atoms with Gasteiger partial charge in [-0.2, -0.15) is 5.10 Å². The van der Waals surface area contributed by atoms with Gasteiger partial charge >= 0.3 is 5.69 Å². The molecule has 1 fully saturated rings. The quantitative estimate of drug-likeness (QED) is 0.547. The van der Waals surface area contributed by atoms with Crippen LogP contribution in [0.2, 0.25) is 0 Å². The smallest absolute Gasteiger partial charge is 0.309 e. The molecule has 0 amide bonds. The van der Waals surface area contributed by atoms with Crippen molar-refractivity contribution in [2.24, 2.45) is 5.41 Å². The highest BCUT2D eigenvalue weighted by Crippen LogP contribution is 2.48. The summed E-state index contributed by atoms with van der Waals surface area (Å²) < 4.78 is 0. The second kappa shape index (κ2) is 3.06. The Kier molecular flexibility index (Phi) is 1.99. The number of aliphatic hydroxyl groups excluding tert-OH is 1. The number of aromatic amines is 1. The van der Waals surface area contributed by atoms with Crippen LogP contribution < -0.4 is 0 Å². The largest absolute Gasteiger partial charge is 0.396 e. The second-order valence-electron chi connectivity index (χ2n) is 3.83. The van der Waals surface area contributed by atoms with E-state index in [2.05, 4.69) is 10.2 Å². The van der Waals surface area contributed by atoms with E-state index >= 15 is 0 Å². The average Bonchev–Trinajstić information content (AvgIpc) is 2.76. The van der Waals surface area contributed by atoms with Crippen LogP contribution in [0.4, 0.5) is 5.69 Å². The molecule has 0 spiro atoms. The number of hydrogen-bond donors (Lipinski definition) is 2. The zero-order valence-corrected chi connectivity index (χ0v) is 7.56. The molecule has 76 valence electrons. The molecule has 0 radical (unpaired) electrons. The Labute approximate surface area is 80.1 Å². The molecular formula is C8H11N3O3. The number of H-pyrrole nitrogens is 1. The molecule has 1 heterocycles. The monoisotopic (exact) mass is 197 g/mol. The number of nitrogens with zero attached hydrogens (tertiary/aromatic N) is 2. The lowest BCUT2D eigenvalue weighted by Crippen LogP contribution is -2.11. The zero-order chi connectivity index (χ0) is 10.2. The van der Waals surface area contributed by atoms with Gasteiger partial charge in [0, 0.05) is 13.0 Å². The van der Waals surface area contributed by atoms with Gasteiger partial charge in [0.2, 0.25) is 0 Å². The molecule has 1 saturated carbocycles. The van der Waals surface area contributed by atoms with Gasteiger partial charge in [-0.3, -0.25) is 15.2 Å². The Morgan fingerprint density at radius 2 is 2.43 bits per heavy atom. The second-order valence-corrected chi connectivity index (χ2v) is 3.83. The fraction of sp³-hybridized carbons (Fsp3) is 0.625. The fourth-order valence-corrected chi connectivity index (χ4v) is 1.54. The van der Waals surface area contributed by atoms with E-state index in [0.717, 1.165) is 12.8 Å². The Morgan fingerprint density at radius 1 is 1.71 bits per heavy atom. The third kappa shape index (κ3) is 1.48. The van der Waals surface area contributed by atoms with Gasteiger partial charge in [-0.25, -0.2) is 0 Å². The summed E-state index contributed by atoms with van der Waals surface area (Å²) in [6.07, 6.45) is 3.59. The van der Waals surface area contributed by atoms with Gasteiger partial charge in [0.15, 0.2) is 0 Å². The molecule has 6 heteroatoms. The van der Waals surface area contributed by atoms with Crippen LogP contribution in [0, 0.1) is 15.5 Å². The van der Waals surface area contributed by atoms with Crippen molar-refractivity contribution < 1.29 is 10.0 Å². The summed E-state index contributed by atoms with van der Waals surface area (Å²) in [5, 5.41) is 25.9. The Hall–Kier alpha value is -1.43. The number of hydrogen-bond acceptors (Lipinski definition) is 4. The number of nitrogens with one attached hydrogen (secondary N) is 1. The minimum absolute atomic E-state index is 0.0183. The highest BCUT2D eigenvalue weighted by molar-refractivity contribution is 5.33. The summed E-state index contributed by atoms with van der Waals surface area (Å²) in [5.41, 5.74) is 0.406. The summed E-state index contributed by atoms with van der Waals surface area (Å²) in [6.45, 7) is 0.0865. The van der Waals surface area contributed by atoms with Crippen molar-refractivity contribution in [1.29, 1.82) is 0 Å². The highest BCUT2D eigenvalue weighted by atomic mass is 16.6. The van der Waals surface area contributed by atoms with Crippen LogP contribution >= 0.6 is 0 Å². The van der Waals surface area contributed by atoms with E-state index in [1.807, 2.05) is 0 Å². The van der Waals surface area contributed by atoms with Crippen LogP contribution in [0.25, 0.3) is 0 Å². The van der Waals surface area contributed by atoms with Crippen LogP contribution in [-0.2, 0) is 6.42 Å². The highest BCUT2D eigenvalue weighted by Gasteiger charge is 2.43. The van der Waals surface area contributed by atoms with E-state index in [1.165, 1.54) is 6.20 Å². The average molecular weight is 197 g/mol. The Balaban J connectivity index is 2.16. The van der Waals surface area contributed by atoms with Gasteiger partial charge in [0.05, 0.1) is 4.92 Å². The van der Waals surface area contributed by atoms with Crippen molar-refractivity contribution in [2.75, 3.05) is 6.61 Å². The standard InChI is InChI=1S/C8H11N3O3/c12-5-8(1-2-8)3-6-7(11(13)14)4-9-10-6/h4,12H,1-3,5H2,(H,9,10). The van der Waals surface area contributed by atoms with Crippen LogP contribution in [0.3, 0.4) is 0 Å². The third-order valence-corrected chi connectivity index (χ3v) is 2.74. The van der Waals surface area contributed by atoms with E-state index in [4.69, 9.17) is 5.11 Å². The molecule has 0 aromatic carbocycles. The molecule has 2 rings (SSSR count). The van der Waals surface area contributed by atoms with Crippen molar-refractivity contribution in [3.05, 3.63) is 22.0 Å². The SMILES string of the molecule is O=[N+]([O-])c1cn[nH]c1CC1(CO)CC1. The van der Waals surface area contributed by atoms with Crippen molar-refractivity contribution in [3.63, 3.8) is 0 Å². The lowest BCUT2D eigenvalue weighted by molar-refractivity contribution is -0.385. The maximum absolute atomic E-state index is 10.6. The van der Waals surface area contributed by atoms with Crippen molar-refractivity contribution in [1.82, 2.24) is 10.2 Å². The lowest BCUT2D eigenvalue weighted by Gasteiger charge is -2.08. The predicted molar refractivity (Wildman–Crippen MR) is 47.7 cm³/mol. The summed E-state index contributed by atoms with van der Waals surface area (Å²) in [4.78, 5) is 10.1. The van der Waals surface area contributed by atoms with E-state index in [-0.39, 0.29) is 17.7 Å². The van der Waals surface area contributed by atoms with Crippen molar-refractivity contribution in [2.45, 2.75) is 19.3 Å². The molecular weight excluding hydrogens is 186 g/mol. The van der Waals surface area contributed by atoms with Crippen LogP contribution in [0.1, 0.15) is 18.5 Å². The molecule has 0 bridgehead atoms. The summed E-state index contributed by atoms with van der Waals surface area (Å²) in [7, 11) is 0. The third-order valence-electron chi connectivity index (χ3n) is 2.74. The molecule has 0 aliphatic heterocycles. The predicted octanol–water partition coefficient (Wildman–Crippen LogP) is 0.633. The summed E-state index contributed by atoms with van der Waals surface area (Å²) in [6, 6.07) is 0. The first-order valence-electron chi connectivity index (χ1n) is 4.44. The first-order chi connectivity index (χ1) is 6.67. The summed E-state index contributed by atoms with van der Waals surface area (Å²) in [5.74, 6) is 0. The number of aliphatic hydroxyl groups is 1. The van der Waals surface area contributed by atoms with E-state index in [0.29, 0.717) is 12.1 Å². The van der Waals surface area contributed by atoms with Gasteiger partial charge < -0.3 is 5.11 Å². The van der Waals surface area contributed by atoms with Crippen LogP contribution in [0.15, 0.2) is 6.20 Å². The molecule has 0 saturated heterocycles.